The van der Waals surface area contributed by atoms with Crippen molar-refractivity contribution in [1.29, 1.82) is 0 Å². The molecule has 1 N–H and O–H groups in total. The van der Waals surface area contributed by atoms with Crippen LogP contribution < -0.4 is 14.8 Å². The van der Waals surface area contributed by atoms with E-state index in [9.17, 15) is 4.79 Å². The summed E-state index contributed by atoms with van der Waals surface area (Å²) in [5.74, 6) is 1.52. The van der Waals surface area contributed by atoms with Crippen LogP contribution in [-0.4, -0.2) is 38.4 Å². The fourth-order valence-electron chi connectivity index (χ4n) is 3.99. The topological polar surface area (TPSA) is 56.8 Å². The highest BCUT2D eigenvalue weighted by Gasteiger charge is 2.42. The minimum absolute atomic E-state index is 0.0440. The average molecular weight is 367 g/mol. The quantitative estimate of drug-likeness (QED) is 0.903. The lowest BCUT2D eigenvalue weighted by Crippen LogP contribution is -2.51. The average Bonchev–Trinajstić information content (AvgIpc) is 2.72. The van der Waals surface area contributed by atoms with E-state index in [2.05, 4.69) is 24.4 Å². The van der Waals surface area contributed by atoms with Crippen molar-refractivity contribution in [3.05, 3.63) is 59.7 Å². The monoisotopic (exact) mass is 367 g/mol. The van der Waals surface area contributed by atoms with E-state index in [1.54, 1.807) is 0 Å². The number of hydrogen-bond donors (Lipinski definition) is 1. The van der Waals surface area contributed by atoms with Crippen LogP contribution in [0.2, 0.25) is 0 Å². The normalized spacial score (nSPS) is 20.7. The molecule has 1 fully saturated rings. The van der Waals surface area contributed by atoms with Crippen molar-refractivity contribution in [2.24, 2.45) is 0 Å². The SMILES string of the molecule is Cc1ccccc1C1(C(=O)NCC2COc3ccccc3O2)CCOCC1. The van der Waals surface area contributed by atoms with Gasteiger partial charge in [0.1, 0.15) is 12.7 Å². The van der Waals surface area contributed by atoms with Crippen LogP contribution in [-0.2, 0) is 14.9 Å². The number of benzene rings is 2. The maximum Gasteiger partial charge on any atom is 0.230 e. The fraction of sp³-hybridized carbons (Fsp3) is 0.409. The van der Waals surface area contributed by atoms with Gasteiger partial charge < -0.3 is 19.5 Å². The highest BCUT2D eigenvalue weighted by Crippen LogP contribution is 2.37. The molecular formula is C22H25NO4. The Morgan fingerprint density at radius 2 is 1.78 bits per heavy atom. The first-order valence-corrected chi connectivity index (χ1v) is 9.50. The Labute approximate surface area is 159 Å². The minimum atomic E-state index is -0.545. The van der Waals surface area contributed by atoms with Crippen molar-refractivity contribution in [2.45, 2.75) is 31.3 Å². The van der Waals surface area contributed by atoms with Gasteiger partial charge in [-0.3, -0.25) is 4.79 Å². The van der Waals surface area contributed by atoms with Gasteiger partial charge in [-0.2, -0.15) is 0 Å². The lowest BCUT2D eigenvalue weighted by molar-refractivity contribution is -0.131. The molecule has 1 saturated heterocycles. The van der Waals surface area contributed by atoms with Crippen LogP contribution in [0.25, 0.3) is 0 Å². The number of hydrogen-bond acceptors (Lipinski definition) is 4. The van der Waals surface area contributed by atoms with Crippen molar-refractivity contribution in [2.75, 3.05) is 26.4 Å². The molecule has 1 atom stereocenters. The highest BCUT2D eigenvalue weighted by atomic mass is 16.6. The van der Waals surface area contributed by atoms with E-state index in [0.717, 1.165) is 22.6 Å². The fourth-order valence-corrected chi connectivity index (χ4v) is 3.99. The van der Waals surface area contributed by atoms with E-state index in [1.807, 2.05) is 36.4 Å². The number of aryl methyl sites for hydroxylation is 1. The van der Waals surface area contributed by atoms with Crippen LogP contribution in [0.1, 0.15) is 24.0 Å². The predicted molar refractivity (Wildman–Crippen MR) is 102 cm³/mol. The Kier molecular flexibility index (Phi) is 5.03. The van der Waals surface area contributed by atoms with Crippen LogP contribution in [0, 0.1) is 6.92 Å². The zero-order valence-electron chi connectivity index (χ0n) is 15.6. The van der Waals surface area contributed by atoms with Crippen molar-refractivity contribution >= 4 is 5.91 Å². The van der Waals surface area contributed by atoms with Crippen LogP contribution in [0.4, 0.5) is 0 Å². The van der Waals surface area contributed by atoms with Gasteiger partial charge in [-0.1, -0.05) is 36.4 Å². The molecule has 0 aromatic heterocycles. The lowest BCUT2D eigenvalue weighted by atomic mass is 9.71. The molecule has 27 heavy (non-hydrogen) atoms. The molecule has 5 nitrogen and oxygen atoms in total. The zero-order chi connectivity index (χ0) is 18.7. The number of carbonyl (C=O) groups is 1. The summed E-state index contributed by atoms with van der Waals surface area (Å²) in [7, 11) is 0. The summed E-state index contributed by atoms with van der Waals surface area (Å²) in [4.78, 5) is 13.3. The second-order valence-electron chi connectivity index (χ2n) is 7.22. The zero-order valence-corrected chi connectivity index (χ0v) is 15.6. The summed E-state index contributed by atoms with van der Waals surface area (Å²) >= 11 is 0. The first-order chi connectivity index (χ1) is 13.2. The summed E-state index contributed by atoms with van der Waals surface area (Å²) in [6.45, 7) is 4.10. The number of amides is 1. The largest absolute Gasteiger partial charge is 0.486 e. The minimum Gasteiger partial charge on any atom is -0.486 e. The van der Waals surface area contributed by atoms with Gasteiger partial charge in [0, 0.05) is 13.2 Å². The molecular weight excluding hydrogens is 342 g/mol. The van der Waals surface area contributed by atoms with E-state index in [0.29, 0.717) is 39.2 Å². The Morgan fingerprint density at radius 1 is 1.07 bits per heavy atom. The Bertz CT molecular complexity index is 813. The first-order valence-electron chi connectivity index (χ1n) is 9.50. The van der Waals surface area contributed by atoms with E-state index in [4.69, 9.17) is 14.2 Å². The van der Waals surface area contributed by atoms with Gasteiger partial charge in [0.25, 0.3) is 0 Å². The maximum atomic E-state index is 13.3. The molecule has 4 rings (SSSR count). The van der Waals surface area contributed by atoms with Gasteiger partial charge in [-0.25, -0.2) is 0 Å². The van der Waals surface area contributed by atoms with Gasteiger partial charge in [0.05, 0.1) is 12.0 Å². The van der Waals surface area contributed by atoms with Gasteiger partial charge in [-0.15, -0.1) is 0 Å². The number of nitrogens with one attached hydrogen (secondary N) is 1. The van der Waals surface area contributed by atoms with Crippen LogP contribution in [0.3, 0.4) is 0 Å². The maximum absolute atomic E-state index is 13.3. The second kappa shape index (κ2) is 7.61. The predicted octanol–water partition coefficient (Wildman–Crippen LogP) is 3.00. The van der Waals surface area contributed by atoms with Crippen LogP contribution >= 0.6 is 0 Å². The standard InChI is InChI=1S/C22H25NO4/c1-16-6-2-3-7-18(16)22(10-12-25-13-11-22)21(24)23-14-17-15-26-19-8-4-5-9-20(19)27-17/h2-9,17H,10-15H2,1H3,(H,23,24). The molecule has 142 valence electrons. The van der Waals surface area contributed by atoms with E-state index < -0.39 is 5.41 Å². The Morgan fingerprint density at radius 3 is 2.56 bits per heavy atom. The van der Waals surface area contributed by atoms with E-state index in [-0.39, 0.29) is 12.0 Å². The molecule has 1 unspecified atom stereocenters. The lowest BCUT2D eigenvalue weighted by Gasteiger charge is -2.37. The smallest absolute Gasteiger partial charge is 0.230 e. The van der Waals surface area contributed by atoms with Gasteiger partial charge in [0.2, 0.25) is 5.91 Å². The molecule has 0 saturated carbocycles. The van der Waals surface area contributed by atoms with Crippen molar-refractivity contribution < 1.29 is 19.0 Å². The third-order valence-corrected chi connectivity index (χ3v) is 5.50. The molecule has 5 heteroatoms. The molecule has 2 aliphatic rings. The molecule has 2 aromatic carbocycles. The summed E-state index contributed by atoms with van der Waals surface area (Å²) < 4.78 is 17.3. The molecule has 0 radical (unpaired) electrons. The van der Waals surface area contributed by atoms with E-state index >= 15 is 0 Å². The Hall–Kier alpha value is -2.53. The number of ether oxygens (including phenoxy) is 3. The number of rotatable bonds is 4. The van der Waals surface area contributed by atoms with E-state index in [1.165, 1.54) is 0 Å². The molecule has 2 heterocycles. The molecule has 1 amide bonds. The molecule has 2 aliphatic heterocycles. The van der Waals surface area contributed by atoms with Gasteiger partial charge >= 0.3 is 0 Å². The number of fused-ring (bicyclic) bond motifs is 1. The van der Waals surface area contributed by atoms with Crippen LogP contribution in [0.15, 0.2) is 48.5 Å². The summed E-state index contributed by atoms with van der Waals surface area (Å²) in [5, 5.41) is 3.12. The van der Waals surface area contributed by atoms with Crippen molar-refractivity contribution in [3.63, 3.8) is 0 Å². The Balaban J connectivity index is 1.48. The van der Waals surface area contributed by atoms with Crippen molar-refractivity contribution in [3.8, 4) is 11.5 Å². The van der Waals surface area contributed by atoms with Crippen LogP contribution in [0.5, 0.6) is 11.5 Å². The number of para-hydroxylation sites is 2. The first kappa shape index (κ1) is 17.9. The molecule has 0 spiro atoms. The summed E-state index contributed by atoms with van der Waals surface area (Å²) in [6.07, 6.45) is 1.18. The van der Waals surface area contributed by atoms with Gasteiger partial charge in [0.15, 0.2) is 11.5 Å². The third kappa shape index (κ3) is 3.52. The second-order valence-corrected chi connectivity index (χ2v) is 7.22. The third-order valence-electron chi connectivity index (χ3n) is 5.50. The molecule has 0 aliphatic carbocycles. The van der Waals surface area contributed by atoms with Gasteiger partial charge in [-0.05, 0) is 43.0 Å². The van der Waals surface area contributed by atoms with Crippen molar-refractivity contribution in [1.82, 2.24) is 5.32 Å². The molecule has 0 bridgehead atoms. The number of carbonyl (C=O) groups excluding carboxylic acids is 1. The molecule has 2 aromatic rings. The summed E-state index contributed by atoms with van der Waals surface area (Å²) in [6, 6.07) is 15.7. The highest BCUT2D eigenvalue weighted by molar-refractivity contribution is 5.88. The summed E-state index contributed by atoms with van der Waals surface area (Å²) in [5.41, 5.74) is 1.69.